The predicted molar refractivity (Wildman–Crippen MR) is 75.7 cm³/mol. The van der Waals surface area contributed by atoms with Gasteiger partial charge in [-0.3, -0.25) is 0 Å². The zero-order chi connectivity index (χ0) is 18.8. The van der Waals surface area contributed by atoms with Gasteiger partial charge in [-0.05, 0) is 46.4 Å². The van der Waals surface area contributed by atoms with E-state index in [2.05, 4.69) is 9.47 Å². The van der Waals surface area contributed by atoms with Crippen LogP contribution >= 0.6 is 22.6 Å². The lowest BCUT2D eigenvalue weighted by molar-refractivity contribution is -0.323. The van der Waals surface area contributed by atoms with Crippen LogP contribution in [0.5, 0.6) is 5.75 Å². The normalized spacial score (nSPS) is 13.0. The smallest absolute Gasteiger partial charge is 0.377 e. The van der Waals surface area contributed by atoms with Gasteiger partial charge in [0, 0.05) is 7.11 Å². The number of aromatic carboxylic acids is 1. The summed E-state index contributed by atoms with van der Waals surface area (Å²) in [4.78, 5) is 10.6. The number of benzene rings is 1. The first-order valence-electron chi connectivity index (χ1n) is 6.12. The summed E-state index contributed by atoms with van der Waals surface area (Å²) in [5.74, 6) is -17.9. The minimum absolute atomic E-state index is 0.00271. The Morgan fingerprint density at radius 1 is 1.12 bits per heavy atom. The molecule has 24 heavy (non-hydrogen) atoms. The van der Waals surface area contributed by atoms with Gasteiger partial charge in [-0.25, -0.2) is 0 Å². The van der Waals surface area contributed by atoms with Crippen LogP contribution in [0, 0.1) is 3.57 Å². The van der Waals surface area contributed by atoms with E-state index in [-0.39, 0.29) is 14.9 Å². The molecule has 0 saturated heterocycles. The molecule has 0 radical (unpaired) electrons. The second-order valence-corrected chi connectivity index (χ2v) is 5.80. The van der Waals surface area contributed by atoms with Gasteiger partial charge < -0.3 is 19.4 Å². The number of carboxylic acids is 1. The van der Waals surface area contributed by atoms with Crippen LogP contribution in [0.25, 0.3) is 0 Å². The molecule has 1 aromatic rings. The largest absolute Gasteiger partial charge is 0.545 e. The number of rotatable bonds is 8. The van der Waals surface area contributed by atoms with E-state index < -0.39 is 37.0 Å². The van der Waals surface area contributed by atoms with E-state index in [0.29, 0.717) is 7.11 Å². The lowest BCUT2D eigenvalue weighted by atomic mass is 10.1. The topological polar surface area (TPSA) is 58.6 Å². The quantitative estimate of drug-likeness (QED) is 0.433. The number of hydrogen-bond donors (Lipinski definition) is 0. The fraction of sp³-hybridized carbons (Fsp3) is 0.462. The molecule has 0 amide bonds. The predicted octanol–water partition coefficient (Wildman–Crippen LogP) is 2.59. The summed E-state index contributed by atoms with van der Waals surface area (Å²) in [6.07, 6.45) is 0. The van der Waals surface area contributed by atoms with Crippen LogP contribution in [0.4, 0.5) is 26.3 Å². The first kappa shape index (κ1) is 20.8. The summed E-state index contributed by atoms with van der Waals surface area (Å²) in [6.45, 7) is -3.94. The van der Waals surface area contributed by atoms with E-state index in [0.717, 1.165) is 18.2 Å². The number of methoxy groups -OCH3 is 1. The molecule has 1 rings (SSSR count). The summed E-state index contributed by atoms with van der Waals surface area (Å²) >= 11 is 1.50. The second kappa shape index (κ2) is 7.33. The maximum Gasteiger partial charge on any atom is 0.377 e. The molecule has 0 spiro atoms. The van der Waals surface area contributed by atoms with Crippen molar-refractivity contribution in [3.05, 3.63) is 27.3 Å². The van der Waals surface area contributed by atoms with Gasteiger partial charge in [0.1, 0.15) is 12.4 Å². The highest BCUT2D eigenvalue weighted by molar-refractivity contribution is 14.1. The van der Waals surface area contributed by atoms with Gasteiger partial charge in [0.15, 0.2) is 6.61 Å². The molecule has 0 bridgehead atoms. The van der Waals surface area contributed by atoms with Gasteiger partial charge in [0.25, 0.3) is 0 Å². The summed E-state index contributed by atoms with van der Waals surface area (Å²) < 4.78 is 88.5. The Bertz CT molecular complexity index is 608. The lowest BCUT2D eigenvalue weighted by Gasteiger charge is -2.32. The minimum atomic E-state index is -5.72. The van der Waals surface area contributed by atoms with Gasteiger partial charge in [-0.2, -0.15) is 26.3 Å². The molecule has 0 aliphatic heterocycles. The van der Waals surface area contributed by atoms with Crippen LogP contribution in [0.15, 0.2) is 18.2 Å². The van der Waals surface area contributed by atoms with Gasteiger partial charge in [-0.1, -0.05) is 0 Å². The van der Waals surface area contributed by atoms with Crippen molar-refractivity contribution in [2.75, 3.05) is 20.3 Å². The molecule has 0 N–H and O–H groups in total. The van der Waals surface area contributed by atoms with E-state index in [1.54, 1.807) is 0 Å². The van der Waals surface area contributed by atoms with Gasteiger partial charge in [0.05, 0.1) is 9.54 Å². The number of carboxylic acid groups (broad SMARTS) is 1. The van der Waals surface area contributed by atoms with Crippen molar-refractivity contribution in [1.82, 2.24) is 0 Å². The van der Waals surface area contributed by atoms with Crippen molar-refractivity contribution in [3.63, 3.8) is 0 Å². The lowest BCUT2D eigenvalue weighted by Crippen LogP contribution is -2.58. The number of halogens is 7. The highest BCUT2D eigenvalue weighted by Gasteiger charge is 2.71. The molecule has 0 aliphatic rings. The Balaban J connectivity index is 2.94. The molecule has 0 fully saturated rings. The number of ether oxygens (including phenoxy) is 2. The molecule has 0 heterocycles. The van der Waals surface area contributed by atoms with Crippen LogP contribution in [-0.4, -0.2) is 44.1 Å². The molecule has 0 aromatic heterocycles. The van der Waals surface area contributed by atoms with Crippen molar-refractivity contribution in [2.45, 2.75) is 17.8 Å². The van der Waals surface area contributed by atoms with Crippen LogP contribution in [0.3, 0.4) is 0 Å². The highest BCUT2D eigenvalue weighted by atomic mass is 127. The fourth-order valence-electron chi connectivity index (χ4n) is 1.54. The first-order chi connectivity index (χ1) is 10.9. The molecular formula is C13H10F6IO4-. The Hall–Kier alpha value is -1.24. The van der Waals surface area contributed by atoms with Crippen LogP contribution in [0.1, 0.15) is 10.4 Å². The zero-order valence-corrected chi connectivity index (χ0v) is 14.1. The van der Waals surface area contributed by atoms with Crippen molar-refractivity contribution in [1.29, 1.82) is 0 Å². The molecule has 0 atom stereocenters. The molecule has 136 valence electrons. The van der Waals surface area contributed by atoms with Crippen LogP contribution in [-0.2, 0) is 4.74 Å². The van der Waals surface area contributed by atoms with Crippen molar-refractivity contribution in [3.8, 4) is 5.75 Å². The Morgan fingerprint density at radius 2 is 1.67 bits per heavy atom. The molecule has 11 heteroatoms. The van der Waals surface area contributed by atoms with Gasteiger partial charge >= 0.3 is 17.8 Å². The van der Waals surface area contributed by atoms with E-state index in [9.17, 15) is 36.2 Å². The van der Waals surface area contributed by atoms with Crippen LogP contribution in [0.2, 0.25) is 0 Å². The number of carbonyl (C=O) groups is 1. The fourth-order valence-corrected chi connectivity index (χ4v) is 2.21. The average Bonchev–Trinajstić information content (AvgIpc) is 2.45. The number of hydrogen-bond acceptors (Lipinski definition) is 4. The maximum atomic E-state index is 13.5. The van der Waals surface area contributed by atoms with Crippen molar-refractivity contribution >= 4 is 28.6 Å². The monoisotopic (exact) mass is 471 g/mol. The maximum absolute atomic E-state index is 13.5. The summed E-state index contributed by atoms with van der Waals surface area (Å²) in [6, 6.07) is 2.85. The SMILES string of the molecule is COCC(F)(F)C(F)(F)C(F)(F)COc1ccc(C(=O)[O-])cc1I. The minimum Gasteiger partial charge on any atom is -0.545 e. The third-order valence-corrected chi connectivity index (χ3v) is 3.66. The first-order valence-corrected chi connectivity index (χ1v) is 7.19. The van der Waals surface area contributed by atoms with Gasteiger partial charge in [-0.15, -0.1) is 0 Å². The molecule has 0 saturated carbocycles. The molecular weight excluding hydrogens is 461 g/mol. The summed E-state index contributed by atoms with van der Waals surface area (Å²) in [5, 5.41) is 10.6. The Kier molecular flexibility index (Phi) is 6.36. The Morgan fingerprint density at radius 3 is 2.12 bits per heavy atom. The zero-order valence-electron chi connectivity index (χ0n) is 11.9. The van der Waals surface area contributed by atoms with Crippen molar-refractivity contribution < 1.29 is 45.7 Å². The van der Waals surface area contributed by atoms with E-state index in [1.165, 1.54) is 22.6 Å². The second-order valence-electron chi connectivity index (χ2n) is 4.64. The number of alkyl halides is 6. The molecule has 0 unspecified atom stereocenters. The van der Waals surface area contributed by atoms with E-state index in [4.69, 9.17) is 0 Å². The van der Waals surface area contributed by atoms with Crippen LogP contribution < -0.4 is 9.84 Å². The third kappa shape index (κ3) is 4.23. The number of carbonyl (C=O) groups excluding carboxylic acids is 1. The van der Waals surface area contributed by atoms with Crippen molar-refractivity contribution in [2.24, 2.45) is 0 Å². The highest BCUT2D eigenvalue weighted by Crippen LogP contribution is 2.46. The average molecular weight is 471 g/mol. The molecule has 1 aromatic carbocycles. The molecule has 0 aliphatic carbocycles. The summed E-state index contributed by atoms with van der Waals surface area (Å²) in [7, 11) is 0.667. The molecule has 4 nitrogen and oxygen atoms in total. The van der Waals surface area contributed by atoms with Gasteiger partial charge in [0.2, 0.25) is 0 Å². The van der Waals surface area contributed by atoms with E-state index >= 15 is 0 Å². The van der Waals surface area contributed by atoms with E-state index in [1.807, 2.05) is 0 Å². The Labute approximate surface area is 145 Å². The standard InChI is InChI=1S/C13H11F6IO4/c1-23-5-11(14,15)13(18,19)12(16,17)6-24-9-3-2-7(10(21)22)4-8(9)20/h2-4H,5-6H2,1H3,(H,21,22)/p-1. The third-order valence-electron chi connectivity index (χ3n) is 2.82. The summed E-state index contributed by atoms with van der Waals surface area (Å²) in [5.41, 5.74) is -0.296.